The van der Waals surface area contributed by atoms with Crippen molar-refractivity contribution >= 4 is 53.7 Å². The summed E-state index contributed by atoms with van der Waals surface area (Å²) >= 11 is 0. The van der Waals surface area contributed by atoms with E-state index in [1.807, 2.05) is 0 Å². The second-order valence-corrected chi connectivity index (χ2v) is 27.7. The first-order valence-electron chi connectivity index (χ1n) is 36.1. The summed E-state index contributed by atoms with van der Waals surface area (Å²) in [5.74, 6) is -10.8. The third-order valence-corrected chi connectivity index (χ3v) is 19.4. The van der Waals surface area contributed by atoms with E-state index in [2.05, 4.69) is 5.32 Å². The summed E-state index contributed by atoms with van der Waals surface area (Å²) in [6.45, 7) is -0.498. The third-order valence-electron chi connectivity index (χ3n) is 19.4. The molecule has 1 amide bonds. The normalized spacial score (nSPS) is 43.3. The molecule has 8 aliphatic rings. The number of methoxy groups -OCH3 is 2. The Bertz CT molecular complexity index is 3250. The lowest BCUT2D eigenvalue weighted by molar-refractivity contribution is -0.393. The molecule has 8 rings (SSSR count). The first kappa shape index (κ1) is 95.4. The number of rotatable bonds is 32. The summed E-state index contributed by atoms with van der Waals surface area (Å²) in [5.41, 5.74) is 0. The number of ether oxygens (including phenoxy) is 24. The maximum absolute atomic E-state index is 13.3. The van der Waals surface area contributed by atoms with Gasteiger partial charge in [-0.25, -0.2) is 4.79 Å². The summed E-state index contributed by atoms with van der Waals surface area (Å²) in [6, 6.07) is -1.96. The second-order valence-electron chi connectivity index (χ2n) is 27.7. The zero-order valence-corrected chi connectivity index (χ0v) is 63.7. The van der Waals surface area contributed by atoms with Crippen LogP contribution in [0.15, 0.2) is 0 Å². The van der Waals surface area contributed by atoms with Gasteiger partial charge >= 0.3 is 47.8 Å². The minimum atomic E-state index is -2.55. The first-order valence-corrected chi connectivity index (χ1v) is 36.1. The summed E-state index contributed by atoms with van der Waals surface area (Å²) in [4.78, 5) is 115. The maximum Gasteiger partial charge on any atom is 0.335 e. The van der Waals surface area contributed by atoms with E-state index in [4.69, 9.17) is 114 Å². The molecule has 0 saturated carbocycles. The maximum atomic E-state index is 13.3. The number of aliphatic carboxylic acids is 1. The van der Waals surface area contributed by atoms with Crippen molar-refractivity contribution in [3.8, 4) is 0 Å². The number of amides is 1. The van der Waals surface area contributed by atoms with Crippen molar-refractivity contribution in [2.75, 3.05) is 60.5 Å². The molecule has 0 aromatic heterocycles. The van der Waals surface area contributed by atoms with Crippen LogP contribution in [-0.2, 0) is 157 Å². The molecule has 50 nitrogen and oxygen atoms in total. The predicted octanol–water partition coefficient (Wildman–Crippen LogP) is -12.9. The number of carbonyl (C=O) groups is 9. The number of carbonyl (C=O) groups excluding carboxylic acids is 8. The van der Waals surface area contributed by atoms with Crippen molar-refractivity contribution in [1.29, 1.82) is 0 Å². The lowest BCUT2D eigenvalue weighted by Crippen LogP contribution is -2.70. The zero-order chi connectivity index (χ0) is 85.9. The molecule has 0 spiro atoms. The summed E-state index contributed by atoms with van der Waals surface area (Å²) in [5, 5.41) is 183. The molecule has 8 aliphatic heterocycles. The molecule has 8 fully saturated rings. The van der Waals surface area contributed by atoms with E-state index in [1.165, 1.54) is 0 Å². The van der Waals surface area contributed by atoms with Crippen molar-refractivity contribution in [3.05, 3.63) is 0 Å². The van der Waals surface area contributed by atoms with E-state index >= 15 is 0 Å². The molecule has 8 saturated heterocycles. The van der Waals surface area contributed by atoms with Gasteiger partial charge in [-0.2, -0.15) is 0 Å². The number of esters is 7. The van der Waals surface area contributed by atoms with Crippen LogP contribution in [0.25, 0.3) is 0 Å². The zero-order valence-electron chi connectivity index (χ0n) is 63.7. The molecule has 0 aromatic carbocycles. The SMILES string of the molecule is CO[C@H]1O[C@H](CO)[C@@H](O[C@H]2O[C@H](CO)[C@@H](O[C@H]3O[C@H](CO)[C@@H](O[C@H]4O[C@H](CO)[C@@H](O[C@H]5O[C@H](CO)[C@@H](O[C@H]6O[C@H](C(=O)O)[C@@H](O[C@H]7O[C@H](CO)[C@@H](O[C@H]8O[C@H](CO)[C@@H](OC)[C@H](OC(C)=O)[C@@H]8O)[C@H](OC(C)=O)[C@@H]7O)[C@H](OC(C)=O)[C@@H]6O)[C@H](OC(C)=O)[C@@H]5O)[C@H](O)[C@@H]4NC(C)=O)[C@H](OC(C)=O)[C@@H]3O)[C@H](OC(C)=O)[C@@H]2O)[C@H](OC(C)=O)[C@@H]1O. The van der Waals surface area contributed by atoms with Crippen molar-refractivity contribution in [2.45, 2.75) is 301 Å². The predicted molar refractivity (Wildman–Crippen MR) is 353 cm³/mol. The molecule has 0 unspecified atom stereocenters. The molecule has 40 atom stereocenters. The van der Waals surface area contributed by atoms with Gasteiger partial charge in [0.1, 0.15) is 146 Å². The number of hydrogen-bond acceptors (Lipinski definition) is 48. The number of aliphatic hydroxyl groups is 15. The van der Waals surface area contributed by atoms with Crippen LogP contribution in [0.3, 0.4) is 0 Å². The standard InChI is InChI=1S/C66H101NO49/c1-18(75)67-33-34(83)42(26(11-68)102-59(33)110-44-29(14-71)106-63(38(87)51(44)97-21(4)78)113-46-30(15-72)107-64(39(88)53(46)99-23(6)80)111-45-28(13-70)103-60(94-10)35(84)50(45)96-20(3)77)109-61-37(86)52(98-22(5)79)48(32(17-74)105-61)114-66-41(90)55(101-25(8)82)56(57(116-66)58(91)92)115-65-40(89)54(100-24(7)81)47(31(16-73)108-65)112-62-36(85)49(95-19(2)76)43(93-9)27(12-69)104-62/h26-57,59-66,68-74,83-90H,11-17H2,1-10H3,(H,67,75)(H,91,92)/t26-,27-,28-,29-,30-,31-,32-,33+,34-,35+,36+,37+,38+,39+,40+,41+,42-,43-,44-,45-,46-,47-,48-,49-,50-,51-,52-,53-,54-,55-,56+,57+,59-,60+,61-,62-,63-,64-,65-,66+/m1/s1. The Balaban J connectivity index is 1.00. The van der Waals surface area contributed by atoms with Crippen LogP contribution in [0.5, 0.6) is 0 Å². The molecule has 0 aliphatic carbocycles. The Labute approximate surface area is 657 Å². The number of carboxylic acids is 1. The molecule has 8 heterocycles. The van der Waals surface area contributed by atoms with E-state index < -0.39 is 345 Å². The van der Waals surface area contributed by atoms with Gasteiger partial charge in [0.05, 0.1) is 46.2 Å². The summed E-state index contributed by atoms with van der Waals surface area (Å²) < 4.78 is 137. The smallest absolute Gasteiger partial charge is 0.335 e. The van der Waals surface area contributed by atoms with Crippen molar-refractivity contribution in [2.24, 2.45) is 0 Å². The minimum Gasteiger partial charge on any atom is -0.479 e. The summed E-state index contributed by atoms with van der Waals surface area (Å²) in [6.07, 6.45) is -79.0. The second kappa shape index (κ2) is 42.4. The molecular weight excluding hydrogens is 1590 g/mol. The first-order chi connectivity index (χ1) is 54.8. The number of nitrogens with one attached hydrogen (secondary N) is 1. The average Bonchev–Trinajstić information content (AvgIpc) is 0.763. The highest BCUT2D eigenvalue weighted by Crippen LogP contribution is 2.42. The van der Waals surface area contributed by atoms with Crippen LogP contribution >= 0.6 is 0 Å². The van der Waals surface area contributed by atoms with Crippen LogP contribution in [-0.4, -0.2) is 441 Å². The van der Waals surface area contributed by atoms with Gasteiger partial charge in [0.15, 0.2) is 99.2 Å². The van der Waals surface area contributed by atoms with Gasteiger partial charge in [-0.3, -0.25) is 38.4 Å². The number of aliphatic hydroxyl groups excluding tert-OH is 15. The largest absolute Gasteiger partial charge is 0.479 e. The van der Waals surface area contributed by atoms with E-state index in [9.17, 15) is 125 Å². The molecule has 0 radical (unpaired) electrons. The molecule has 0 aromatic rings. The van der Waals surface area contributed by atoms with Gasteiger partial charge in [0.25, 0.3) is 0 Å². The Morgan fingerprint density at radius 3 is 0.716 bits per heavy atom. The average molecular weight is 1690 g/mol. The number of hydrogen-bond donors (Lipinski definition) is 17. The molecule has 17 N–H and O–H groups in total. The van der Waals surface area contributed by atoms with Gasteiger partial charge in [0, 0.05) is 69.6 Å². The van der Waals surface area contributed by atoms with Crippen LogP contribution in [0, 0.1) is 0 Å². The lowest BCUT2D eigenvalue weighted by atomic mass is 9.94. The Hall–Kier alpha value is -6.05. The van der Waals surface area contributed by atoms with E-state index in [0.29, 0.717) is 0 Å². The van der Waals surface area contributed by atoms with E-state index in [-0.39, 0.29) is 0 Å². The van der Waals surface area contributed by atoms with Crippen molar-refractivity contribution < 1.29 is 239 Å². The Kier molecular flexibility index (Phi) is 34.9. The molecule has 0 bridgehead atoms. The van der Waals surface area contributed by atoms with Crippen LogP contribution < -0.4 is 5.32 Å². The topological polar surface area (TPSA) is 711 Å². The fourth-order valence-corrected chi connectivity index (χ4v) is 14.5. The van der Waals surface area contributed by atoms with Crippen LogP contribution in [0.2, 0.25) is 0 Å². The highest BCUT2D eigenvalue weighted by molar-refractivity contribution is 5.74. The monoisotopic (exact) mass is 1690 g/mol. The lowest BCUT2D eigenvalue weighted by Gasteiger charge is -2.51. The molecule has 664 valence electrons. The number of carboxylic acid groups (broad SMARTS) is 1. The van der Waals surface area contributed by atoms with Gasteiger partial charge in [-0.05, 0) is 0 Å². The van der Waals surface area contributed by atoms with Crippen LogP contribution in [0.1, 0.15) is 55.4 Å². The molecule has 50 heteroatoms. The highest BCUT2D eigenvalue weighted by Gasteiger charge is 2.63. The third kappa shape index (κ3) is 22.2. The van der Waals surface area contributed by atoms with Crippen molar-refractivity contribution in [3.63, 3.8) is 0 Å². The Morgan fingerprint density at radius 1 is 0.259 bits per heavy atom. The van der Waals surface area contributed by atoms with Crippen molar-refractivity contribution in [1.82, 2.24) is 5.32 Å². The molecular formula is C66H101NO49. The van der Waals surface area contributed by atoms with E-state index in [1.54, 1.807) is 0 Å². The van der Waals surface area contributed by atoms with Gasteiger partial charge < -0.3 is 201 Å². The fourth-order valence-electron chi connectivity index (χ4n) is 14.5. The summed E-state index contributed by atoms with van der Waals surface area (Å²) in [7, 11) is 2.27. The quantitative estimate of drug-likeness (QED) is 0.0220. The molecule has 116 heavy (non-hydrogen) atoms. The Morgan fingerprint density at radius 2 is 0.466 bits per heavy atom. The van der Waals surface area contributed by atoms with Gasteiger partial charge in [0.2, 0.25) is 5.91 Å². The fraction of sp³-hybridized carbons (Fsp3) is 0.864. The minimum absolute atomic E-state index is 0.782. The van der Waals surface area contributed by atoms with Gasteiger partial charge in [-0.1, -0.05) is 0 Å². The van der Waals surface area contributed by atoms with Gasteiger partial charge in [-0.15, -0.1) is 0 Å². The van der Waals surface area contributed by atoms with Crippen LogP contribution in [0.4, 0.5) is 0 Å². The van der Waals surface area contributed by atoms with E-state index in [0.717, 1.165) is 69.6 Å². The highest BCUT2D eigenvalue weighted by atomic mass is 16.8.